The van der Waals surface area contributed by atoms with Crippen LogP contribution >= 0.6 is 0 Å². The average molecular weight is 519 g/mol. The third kappa shape index (κ3) is 6.33. The van der Waals surface area contributed by atoms with Crippen molar-refractivity contribution in [2.75, 3.05) is 50.2 Å². The number of rotatable bonds is 12. The van der Waals surface area contributed by atoms with Gasteiger partial charge in [-0.3, -0.25) is 9.59 Å². The van der Waals surface area contributed by atoms with Crippen molar-refractivity contribution in [3.05, 3.63) is 60.7 Å². The molecule has 3 saturated carbocycles. The lowest BCUT2D eigenvalue weighted by atomic mass is 9.76. The maximum absolute atomic E-state index is 12.4. The number of para-hydroxylation sites is 2. The second-order valence-corrected chi connectivity index (χ2v) is 11.7. The number of fused-ring (bicyclic) bond motifs is 5. The number of esters is 2. The van der Waals surface area contributed by atoms with Crippen LogP contribution in [-0.2, 0) is 19.1 Å². The van der Waals surface area contributed by atoms with Crippen LogP contribution in [0.2, 0.25) is 0 Å². The van der Waals surface area contributed by atoms with Gasteiger partial charge in [-0.15, -0.1) is 0 Å². The second-order valence-electron chi connectivity index (χ2n) is 11.7. The van der Waals surface area contributed by atoms with E-state index in [2.05, 4.69) is 34.1 Å². The average Bonchev–Trinajstić information content (AvgIpc) is 3.65. The van der Waals surface area contributed by atoms with E-state index in [9.17, 15) is 9.59 Å². The van der Waals surface area contributed by atoms with Gasteiger partial charge in [0.1, 0.15) is 0 Å². The van der Waals surface area contributed by atoms with Crippen LogP contribution < -0.4 is 9.80 Å². The molecule has 0 heterocycles. The molecule has 3 aliphatic carbocycles. The van der Waals surface area contributed by atoms with Gasteiger partial charge in [0.05, 0.1) is 26.1 Å². The van der Waals surface area contributed by atoms with Crippen LogP contribution in [0.25, 0.3) is 0 Å². The van der Waals surface area contributed by atoms with E-state index in [4.69, 9.17) is 9.47 Å². The van der Waals surface area contributed by atoms with E-state index in [-0.39, 0.29) is 11.9 Å². The normalized spacial score (nSPS) is 27.1. The number of hydrogen-bond acceptors (Lipinski definition) is 6. The van der Waals surface area contributed by atoms with Crippen LogP contribution in [0.1, 0.15) is 38.5 Å². The Morgan fingerprint density at radius 3 is 1.79 bits per heavy atom. The fraction of sp³-hybridized carbons (Fsp3) is 0.562. The summed E-state index contributed by atoms with van der Waals surface area (Å²) in [6.07, 6.45) is 5.61. The molecule has 38 heavy (non-hydrogen) atoms. The zero-order valence-electron chi connectivity index (χ0n) is 22.8. The van der Waals surface area contributed by atoms with Gasteiger partial charge in [0.15, 0.2) is 0 Å². The first kappa shape index (κ1) is 26.6. The first-order valence-corrected chi connectivity index (χ1v) is 14.3. The predicted molar refractivity (Wildman–Crippen MR) is 150 cm³/mol. The molecule has 3 fully saturated rings. The molecule has 0 aliphatic heterocycles. The quantitative estimate of drug-likeness (QED) is 0.350. The number of ether oxygens (including phenoxy) is 2. The molecule has 0 N–H and O–H groups in total. The third-order valence-corrected chi connectivity index (χ3v) is 9.34. The van der Waals surface area contributed by atoms with Gasteiger partial charge >= 0.3 is 11.9 Å². The number of carbonyl (C=O) groups excluding carboxylic acids is 2. The number of anilines is 2. The summed E-state index contributed by atoms with van der Waals surface area (Å²) < 4.78 is 11.5. The molecular weight excluding hydrogens is 476 g/mol. The highest BCUT2D eigenvalue weighted by molar-refractivity contribution is 5.70. The zero-order chi connectivity index (χ0) is 26.5. The van der Waals surface area contributed by atoms with Gasteiger partial charge < -0.3 is 19.3 Å². The van der Waals surface area contributed by atoms with E-state index in [1.165, 1.54) is 19.3 Å². The summed E-state index contributed by atoms with van der Waals surface area (Å²) in [5.41, 5.74) is 2.22. The highest BCUT2D eigenvalue weighted by Crippen LogP contribution is 2.62. The molecule has 0 spiro atoms. The van der Waals surface area contributed by atoms with Crippen LogP contribution in [0.5, 0.6) is 0 Å². The van der Waals surface area contributed by atoms with E-state index in [1.807, 2.05) is 50.5 Å². The SMILES string of the molecule is CN(CCC(=O)OCC1CC2C3CC(COC(=O)CCN(C)c4ccccc4)C(C3)C2C1)c1ccccc1. The van der Waals surface area contributed by atoms with E-state index in [0.717, 1.165) is 29.6 Å². The number of carbonyl (C=O) groups is 2. The first-order valence-electron chi connectivity index (χ1n) is 14.3. The molecule has 0 radical (unpaired) electrons. The molecule has 0 amide bonds. The first-order chi connectivity index (χ1) is 18.5. The lowest BCUT2D eigenvalue weighted by molar-refractivity contribution is -0.146. The molecule has 0 saturated heterocycles. The Kier molecular flexibility index (Phi) is 8.55. The van der Waals surface area contributed by atoms with Crippen molar-refractivity contribution in [1.29, 1.82) is 0 Å². The highest BCUT2D eigenvalue weighted by atomic mass is 16.5. The van der Waals surface area contributed by atoms with Gasteiger partial charge in [-0.05, 0) is 85.5 Å². The van der Waals surface area contributed by atoms with Crippen LogP contribution in [0.4, 0.5) is 11.4 Å². The summed E-state index contributed by atoms with van der Waals surface area (Å²) >= 11 is 0. The lowest BCUT2D eigenvalue weighted by Crippen LogP contribution is -2.29. The van der Waals surface area contributed by atoms with Crippen LogP contribution in [0, 0.1) is 35.5 Å². The van der Waals surface area contributed by atoms with Gasteiger partial charge in [-0.2, -0.15) is 0 Å². The van der Waals surface area contributed by atoms with Crippen molar-refractivity contribution in [2.45, 2.75) is 38.5 Å². The Labute approximate surface area is 227 Å². The molecule has 6 nitrogen and oxygen atoms in total. The van der Waals surface area contributed by atoms with E-state index in [0.29, 0.717) is 62.8 Å². The van der Waals surface area contributed by atoms with Crippen molar-refractivity contribution in [1.82, 2.24) is 0 Å². The van der Waals surface area contributed by atoms with Crippen LogP contribution in [0.3, 0.4) is 0 Å². The van der Waals surface area contributed by atoms with Gasteiger partial charge in [0, 0.05) is 38.6 Å². The Balaban J connectivity index is 0.996. The minimum Gasteiger partial charge on any atom is -0.465 e. The van der Waals surface area contributed by atoms with Gasteiger partial charge in [0.25, 0.3) is 0 Å². The van der Waals surface area contributed by atoms with Crippen molar-refractivity contribution >= 4 is 23.3 Å². The molecule has 2 aromatic carbocycles. The Morgan fingerprint density at radius 1 is 0.684 bits per heavy atom. The molecule has 5 rings (SSSR count). The standard InChI is InChI=1S/C32H42N2O4/c1-33(26-9-5-3-6-10-26)15-13-31(35)37-21-23-17-28-24-19-25(29(20-24)30(28)18-23)22-38-32(36)14-16-34(2)27-11-7-4-8-12-27/h3-12,23-25,28-30H,13-22H2,1-2H3. The van der Waals surface area contributed by atoms with E-state index < -0.39 is 0 Å². The van der Waals surface area contributed by atoms with Crippen molar-refractivity contribution < 1.29 is 19.1 Å². The summed E-state index contributed by atoms with van der Waals surface area (Å²) in [6, 6.07) is 20.2. The number of hydrogen-bond donors (Lipinski definition) is 0. The van der Waals surface area contributed by atoms with Crippen molar-refractivity contribution in [3.8, 4) is 0 Å². The van der Waals surface area contributed by atoms with Crippen molar-refractivity contribution in [2.24, 2.45) is 35.5 Å². The second kappa shape index (κ2) is 12.2. The number of nitrogens with zero attached hydrogens (tertiary/aromatic N) is 2. The summed E-state index contributed by atoms with van der Waals surface area (Å²) in [5.74, 6) is 3.64. The fourth-order valence-electron chi connectivity index (χ4n) is 7.35. The molecule has 2 bridgehead atoms. The highest BCUT2D eigenvalue weighted by Gasteiger charge is 2.56. The number of benzene rings is 2. The van der Waals surface area contributed by atoms with Gasteiger partial charge in [-0.1, -0.05) is 36.4 Å². The van der Waals surface area contributed by atoms with Gasteiger partial charge in [0.2, 0.25) is 0 Å². The minimum absolute atomic E-state index is 0.0961. The largest absolute Gasteiger partial charge is 0.465 e. The van der Waals surface area contributed by atoms with Crippen LogP contribution in [-0.4, -0.2) is 52.3 Å². The zero-order valence-corrected chi connectivity index (χ0v) is 22.8. The Hall–Kier alpha value is -3.02. The third-order valence-electron chi connectivity index (χ3n) is 9.34. The Bertz CT molecular complexity index is 1060. The molecule has 3 aliphatic rings. The summed E-state index contributed by atoms with van der Waals surface area (Å²) in [5, 5.41) is 0. The van der Waals surface area contributed by atoms with E-state index in [1.54, 1.807) is 0 Å². The van der Waals surface area contributed by atoms with Crippen molar-refractivity contribution in [3.63, 3.8) is 0 Å². The monoisotopic (exact) mass is 518 g/mol. The molecule has 6 unspecified atom stereocenters. The fourth-order valence-corrected chi connectivity index (χ4v) is 7.35. The lowest BCUT2D eigenvalue weighted by Gasteiger charge is -2.31. The maximum Gasteiger partial charge on any atom is 0.307 e. The molecule has 6 atom stereocenters. The Morgan fingerprint density at radius 2 is 1.21 bits per heavy atom. The van der Waals surface area contributed by atoms with Crippen LogP contribution in [0.15, 0.2) is 60.7 Å². The summed E-state index contributed by atoms with van der Waals surface area (Å²) in [4.78, 5) is 29.0. The summed E-state index contributed by atoms with van der Waals surface area (Å²) in [6.45, 7) is 2.43. The minimum atomic E-state index is -0.101. The summed E-state index contributed by atoms with van der Waals surface area (Å²) in [7, 11) is 4.02. The van der Waals surface area contributed by atoms with Gasteiger partial charge in [-0.25, -0.2) is 0 Å². The maximum atomic E-state index is 12.4. The smallest absolute Gasteiger partial charge is 0.307 e. The molecule has 2 aromatic rings. The molecule has 6 heteroatoms. The molecular formula is C32H42N2O4. The molecule has 204 valence electrons. The van der Waals surface area contributed by atoms with E-state index >= 15 is 0 Å². The molecule has 0 aromatic heterocycles. The predicted octanol–water partition coefficient (Wildman–Crippen LogP) is 5.42. The topological polar surface area (TPSA) is 59.1 Å².